The van der Waals surface area contributed by atoms with Crippen LogP contribution in [0.5, 0.6) is 0 Å². The van der Waals surface area contributed by atoms with E-state index in [0.717, 1.165) is 69.5 Å². The van der Waals surface area contributed by atoms with E-state index in [9.17, 15) is 24.4 Å². The summed E-state index contributed by atoms with van der Waals surface area (Å²) in [7, 11) is 2.57. The molecule has 0 bridgehead atoms. The van der Waals surface area contributed by atoms with Crippen LogP contribution in [0, 0.1) is 34.5 Å². The molecule has 15 nitrogen and oxygen atoms in total. The molecule has 5 aromatic rings. The molecule has 0 radical (unpaired) electrons. The highest BCUT2D eigenvalue weighted by Gasteiger charge is 2.55. The Morgan fingerprint density at radius 3 is 1.90 bits per heavy atom. The minimum atomic E-state index is -0.795. The van der Waals surface area contributed by atoms with Gasteiger partial charge >= 0.3 is 12.2 Å². The van der Waals surface area contributed by atoms with Gasteiger partial charge in [0.2, 0.25) is 11.8 Å². The summed E-state index contributed by atoms with van der Waals surface area (Å²) in [5.74, 6) is 0.336. The Hall–Kier alpha value is -6.69. The Balaban J connectivity index is 0.963. The summed E-state index contributed by atoms with van der Waals surface area (Å²) in [4.78, 5) is 72.1. The van der Waals surface area contributed by atoms with Crippen molar-refractivity contribution in [2.24, 2.45) is 23.2 Å². The Morgan fingerprint density at radius 1 is 0.778 bits per heavy atom. The van der Waals surface area contributed by atoms with Crippen molar-refractivity contribution in [1.82, 2.24) is 40.4 Å². The Labute approximate surface area is 366 Å². The van der Waals surface area contributed by atoms with Gasteiger partial charge in [0.05, 0.1) is 62.1 Å². The van der Waals surface area contributed by atoms with Crippen LogP contribution in [0.15, 0.2) is 73.1 Å². The second-order valence-electron chi connectivity index (χ2n) is 17.8. The molecule has 2 aromatic heterocycles. The van der Waals surface area contributed by atoms with Gasteiger partial charge in [-0.05, 0) is 82.5 Å². The van der Waals surface area contributed by atoms with Crippen LogP contribution < -0.4 is 10.6 Å². The molecule has 4 heterocycles. The Bertz CT molecular complexity index is 2550. The van der Waals surface area contributed by atoms with E-state index in [2.05, 4.69) is 81.3 Å². The minimum Gasteiger partial charge on any atom is -0.453 e. The predicted molar refractivity (Wildman–Crippen MR) is 236 cm³/mol. The van der Waals surface area contributed by atoms with Gasteiger partial charge in [0, 0.05) is 18.7 Å². The molecule has 3 aliphatic rings. The normalized spacial score (nSPS) is 20.3. The van der Waals surface area contributed by atoms with E-state index in [1.165, 1.54) is 14.2 Å². The molecule has 3 aromatic carbocycles. The summed E-state index contributed by atoms with van der Waals surface area (Å²) in [5, 5.41) is 17.4. The number of ether oxygens (including phenoxy) is 2. The number of benzene rings is 3. The smallest absolute Gasteiger partial charge is 0.407 e. The third kappa shape index (κ3) is 8.71. The monoisotopic (exact) mass is 853 g/mol. The van der Waals surface area contributed by atoms with Crippen LogP contribution in [0.25, 0.3) is 44.4 Å². The topological polar surface area (TPSA) is 198 Å². The molecule has 15 heteroatoms. The lowest BCUT2D eigenvalue weighted by Crippen LogP contribution is -2.51. The number of alkyl carbamates (subject to hydrolysis) is 2. The fourth-order valence-electron chi connectivity index (χ4n) is 9.17. The molecule has 1 unspecified atom stereocenters. The highest BCUT2D eigenvalue weighted by molar-refractivity contribution is 5.91. The number of carbonyl (C=O) groups excluding carboxylic acids is 4. The highest BCUT2D eigenvalue weighted by atomic mass is 16.5. The lowest BCUT2D eigenvalue weighted by Gasteiger charge is -2.30. The summed E-state index contributed by atoms with van der Waals surface area (Å²) in [6.45, 7) is 8.60. The van der Waals surface area contributed by atoms with Crippen molar-refractivity contribution in [3.63, 3.8) is 0 Å². The van der Waals surface area contributed by atoms with Gasteiger partial charge in [-0.1, -0.05) is 82.6 Å². The van der Waals surface area contributed by atoms with Crippen molar-refractivity contribution in [1.29, 1.82) is 5.26 Å². The van der Waals surface area contributed by atoms with Crippen LogP contribution in [0.4, 0.5) is 9.59 Å². The van der Waals surface area contributed by atoms with Gasteiger partial charge in [0.25, 0.3) is 0 Å². The molecule has 1 saturated carbocycles. The van der Waals surface area contributed by atoms with Crippen molar-refractivity contribution in [2.45, 2.75) is 84.0 Å². The lowest BCUT2D eigenvalue weighted by molar-refractivity contribution is -0.136. The molecule has 63 heavy (non-hydrogen) atoms. The van der Waals surface area contributed by atoms with E-state index in [1.807, 2.05) is 44.9 Å². The number of methoxy groups -OCH3 is 2. The predicted octanol–water partition coefficient (Wildman–Crippen LogP) is 7.91. The van der Waals surface area contributed by atoms with Gasteiger partial charge in [0.15, 0.2) is 0 Å². The number of nitrogens with one attached hydrogen (secondary N) is 4. The van der Waals surface area contributed by atoms with Gasteiger partial charge in [-0.25, -0.2) is 19.6 Å². The maximum atomic E-state index is 13.9. The van der Waals surface area contributed by atoms with Crippen molar-refractivity contribution < 1.29 is 28.7 Å². The molecular weight excluding hydrogens is 799 g/mol. The number of H-pyrrole nitrogens is 2. The van der Waals surface area contributed by atoms with Gasteiger partial charge in [-0.2, -0.15) is 5.26 Å². The zero-order valence-corrected chi connectivity index (χ0v) is 36.6. The molecule has 2 saturated heterocycles. The number of amides is 4. The maximum Gasteiger partial charge on any atom is 0.407 e. The summed E-state index contributed by atoms with van der Waals surface area (Å²) in [6.07, 6.45) is 6.39. The lowest BCUT2D eigenvalue weighted by atomic mass is 9.97. The zero-order chi connectivity index (χ0) is 44.6. The van der Waals surface area contributed by atoms with Crippen molar-refractivity contribution >= 4 is 34.8 Å². The SMILES string of the molecule is CC[C@H](C)[C@H](NC(=O)OC)C(=O)N1C[C@@H](C#N)CC1c1ncc(-c2ccc3cc(-c4ccc(-c5cnc([C@@H]6CC7(CC7)CN6C(=O)[C@@H](NC(=O)OC)C(C)C)[nH]5)cc4)ccc3c2)[nH]1. The first-order valence-corrected chi connectivity index (χ1v) is 21.8. The molecule has 2 aliphatic heterocycles. The zero-order valence-electron chi connectivity index (χ0n) is 36.6. The van der Waals surface area contributed by atoms with Crippen LogP contribution >= 0.6 is 0 Å². The van der Waals surface area contributed by atoms with Crippen LogP contribution in [0.3, 0.4) is 0 Å². The summed E-state index contributed by atoms with van der Waals surface area (Å²) in [6, 6.07) is 21.1. The van der Waals surface area contributed by atoms with E-state index in [-0.39, 0.29) is 47.6 Å². The number of aromatic nitrogens is 4. The molecule has 6 atom stereocenters. The first kappa shape index (κ1) is 43.0. The fraction of sp³-hybridized carbons (Fsp3) is 0.438. The van der Waals surface area contributed by atoms with Gasteiger partial charge in [-0.15, -0.1) is 0 Å². The van der Waals surface area contributed by atoms with Gasteiger partial charge in [0.1, 0.15) is 23.7 Å². The van der Waals surface area contributed by atoms with Crippen LogP contribution in [-0.2, 0) is 19.1 Å². The first-order chi connectivity index (χ1) is 30.3. The largest absolute Gasteiger partial charge is 0.453 e. The molecule has 1 aliphatic carbocycles. The van der Waals surface area contributed by atoms with Crippen LogP contribution in [0.1, 0.15) is 83.5 Å². The number of fused-ring (bicyclic) bond motifs is 1. The number of aromatic amines is 2. The molecular formula is C48H55N9O6. The highest BCUT2D eigenvalue weighted by Crippen LogP contribution is 2.58. The van der Waals surface area contributed by atoms with Crippen molar-refractivity contribution in [3.05, 3.63) is 84.7 Å². The number of rotatable bonds is 12. The minimum absolute atomic E-state index is 0.112. The number of hydrogen-bond donors (Lipinski definition) is 4. The molecule has 328 valence electrons. The summed E-state index contributed by atoms with van der Waals surface area (Å²) < 4.78 is 9.62. The molecule has 4 N–H and O–H groups in total. The number of nitrogens with zero attached hydrogens (tertiary/aromatic N) is 5. The van der Waals surface area contributed by atoms with Gasteiger partial charge < -0.3 is 39.9 Å². The molecule has 4 amide bonds. The molecule has 1 spiro atoms. The van der Waals surface area contributed by atoms with Crippen LogP contribution in [0.2, 0.25) is 0 Å². The number of hydrogen-bond acceptors (Lipinski definition) is 9. The number of likely N-dealkylation sites (tertiary alicyclic amines) is 2. The Morgan fingerprint density at radius 2 is 1.32 bits per heavy atom. The van der Waals surface area contributed by atoms with E-state index in [0.29, 0.717) is 25.2 Å². The van der Waals surface area contributed by atoms with E-state index >= 15 is 0 Å². The van der Waals surface area contributed by atoms with E-state index in [1.54, 1.807) is 11.1 Å². The maximum absolute atomic E-state index is 13.9. The summed E-state index contributed by atoms with van der Waals surface area (Å²) >= 11 is 0. The number of nitriles is 1. The van der Waals surface area contributed by atoms with E-state index < -0.39 is 30.3 Å². The van der Waals surface area contributed by atoms with Crippen LogP contribution in [-0.4, -0.2) is 93.1 Å². The summed E-state index contributed by atoms with van der Waals surface area (Å²) in [5.41, 5.74) is 5.82. The second-order valence-corrected chi connectivity index (χ2v) is 17.8. The molecule has 8 rings (SSSR count). The Kier molecular flexibility index (Phi) is 12.0. The van der Waals surface area contributed by atoms with E-state index in [4.69, 9.17) is 19.4 Å². The third-order valence-corrected chi connectivity index (χ3v) is 13.3. The number of carbonyl (C=O) groups is 4. The quantitative estimate of drug-likeness (QED) is 0.0964. The standard InChI is InChI=1S/C48H55N9O6/c1-7-28(4)41(55-47(61)63-6)45(59)56-25-29(22-49)18-38(56)42-50-24-37(53-42)35-15-14-33-19-32(12-13-34(33)20-35)30-8-10-31(11-9-30)36-23-51-43(52-36)39-21-48(16-17-48)26-57(39)44(58)40(27(2)3)54-46(60)62-5/h8-15,19-20,23-24,27-29,38-41H,7,16-18,21,25-26H2,1-6H3,(H,50,53)(H,51,52)(H,54,60)(H,55,61)/t28-,29+,38?,39-,40-,41-/m0/s1. The average Bonchev–Trinajstić information content (AvgIpc) is 3.80. The van der Waals surface area contributed by atoms with Gasteiger partial charge in [-0.3, -0.25) is 9.59 Å². The fourth-order valence-corrected chi connectivity index (χ4v) is 9.17. The second kappa shape index (κ2) is 17.6. The average molecular weight is 854 g/mol. The van der Waals surface area contributed by atoms with Crippen molar-refractivity contribution in [2.75, 3.05) is 27.3 Å². The third-order valence-electron chi connectivity index (χ3n) is 13.3. The van der Waals surface area contributed by atoms with Crippen molar-refractivity contribution in [3.8, 4) is 39.7 Å². The number of imidazole rings is 2. The first-order valence-electron chi connectivity index (χ1n) is 21.8. The molecule has 3 fully saturated rings.